The summed E-state index contributed by atoms with van der Waals surface area (Å²) in [6.45, 7) is 11.8. The van der Waals surface area contributed by atoms with Crippen LogP contribution in [0.5, 0.6) is 0 Å². The number of thiazole rings is 1. The highest BCUT2D eigenvalue weighted by molar-refractivity contribution is 7.11. The molecule has 0 aliphatic carbocycles. The van der Waals surface area contributed by atoms with E-state index in [2.05, 4.69) is 51.8 Å². The van der Waals surface area contributed by atoms with E-state index in [1.165, 1.54) is 16.0 Å². The summed E-state index contributed by atoms with van der Waals surface area (Å²) in [6, 6.07) is 8.42. The number of rotatable bonds is 8. The van der Waals surface area contributed by atoms with Crippen LogP contribution in [-0.4, -0.2) is 24.1 Å². The van der Waals surface area contributed by atoms with Gasteiger partial charge in [-0.2, -0.15) is 0 Å². The molecular formula is C19H28N4OS. The molecule has 6 heteroatoms. The van der Waals surface area contributed by atoms with Crippen molar-refractivity contribution in [3.05, 3.63) is 51.0 Å². The zero-order valence-electron chi connectivity index (χ0n) is 15.6. The normalized spacial score (nSPS) is 11.6. The second kappa shape index (κ2) is 10.2. The molecule has 0 atom stereocenters. The Balaban J connectivity index is 1.93. The number of benzene rings is 1. The van der Waals surface area contributed by atoms with Gasteiger partial charge in [-0.1, -0.05) is 24.3 Å². The van der Waals surface area contributed by atoms with Gasteiger partial charge in [0.05, 0.1) is 30.4 Å². The number of aliphatic imine (C=N–C) groups is 1. The van der Waals surface area contributed by atoms with Crippen LogP contribution in [0.4, 0.5) is 0 Å². The first-order chi connectivity index (χ1) is 12.1. The predicted octanol–water partition coefficient (Wildman–Crippen LogP) is 3.55. The van der Waals surface area contributed by atoms with Gasteiger partial charge in [0.25, 0.3) is 0 Å². The summed E-state index contributed by atoms with van der Waals surface area (Å²) >= 11 is 1.73. The molecule has 0 spiro atoms. The van der Waals surface area contributed by atoms with Crippen molar-refractivity contribution >= 4 is 17.3 Å². The molecule has 2 aromatic rings. The van der Waals surface area contributed by atoms with Crippen LogP contribution in [0.1, 0.15) is 40.6 Å². The molecule has 1 aromatic heterocycles. The first-order valence-electron chi connectivity index (χ1n) is 8.73. The second-order valence-corrected chi connectivity index (χ2v) is 7.03. The van der Waals surface area contributed by atoms with E-state index in [4.69, 9.17) is 4.74 Å². The Labute approximate surface area is 154 Å². The van der Waals surface area contributed by atoms with E-state index < -0.39 is 0 Å². The van der Waals surface area contributed by atoms with Crippen LogP contribution in [0.2, 0.25) is 0 Å². The van der Waals surface area contributed by atoms with Crippen molar-refractivity contribution in [2.75, 3.05) is 13.2 Å². The summed E-state index contributed by atoms with van der Waals surface area (Å²) in [5, 5.41) is 7.78. The SMILES string of the molecule is CCNC(=NCc1ccc(COCC)cc1)NCc1sc(C)nc1C. The summed E-state index contributed by atoms with van der Waals surface area (Å²) in [7, 11) is 0. The summed E-state index contributed by atoms with van der Waals surface area (Å²) in [4.78, 5) is 10.4. The highest BCUT2D eigenvalue weighted by Gasteiger charge is 2.05. The molecule has 0 saturated carbocycles. The van der Waals surface area contributed by atoms with Crippen molar-refractivity contribution in [2.24, 2.45) is 4.99 Å². The van der Waals surface area contributed by atoms with Crippen molar-refractivity contribution < 1.29 is 4.74 Å². The zero-order chi connectivity index (χ0) is 18.1. The van der Waals surface area contributed by atoms with Crippen molar-refractivity contribution in [2.45, 2.75) is 47.4 Å². The maximum atomic E-state index is 5.42. The first-order valence-corrected chi connectivity index (χ1v) is 9.54. The minimum absolute atomic E-state index is 0.644. The van der Waals surface area contributed by atoms with E-state index in [0.717, 1.165) is 36.4 Å². The first kappa shape index (κ1) is 19.4. The van der Waals surface area contributed by atoms with Gasteiger partial charge in [-0.15, -0.1) is 11.3 Å². The van der Waals surface area contributed by atoms with Gasteiger partial charge in [0.15, 0.2) is 5.96 Å². The molecule has 0 saturated heterocycles. The molecule has 2 rings (SSSR count). The number of guanidine groups is 1. The lowest BCUT2D eigenvalue weighted by atomic mass is 10.1. The van der Waals surface area contributed by atoms with Gasteiger partial charge in [0, 0.05) is 18.0 Å². The van der Waals surface area contributed by atoms with Crippen LogP contribution in [0.25, 0.3) is 0 Å². The third-order valence-electron chi connectivity index (χ3n) is 3.68. The molecule has 0 aliphatic rings. The average molecular weight is 361 g/mol. The molecule has 0 amide bonds. The lowest BCUT2D eigenvalue weighted by Gasteiger charge is -2.11. The van der Waals surface area contributed by atoms with Gasteiger partial charge < -0.3 is 15.4 Å². The Bertz CT molecular complexity index is 679. The molecule has 0 fully saturated rings. The van der Waals surface area contributed by atoms with Gasteiger partial charge in [-0.25, -0.2) is 9.98 Å². The third kappa shape index (κ3) is 6.48. The van der Waals surface area contributed by atoms with E-state index in [0.29, 0.717) is 13.2 Å². The van der Waals surface area contributed by atoms with Crippen molar-refractivity contribution in [3.63, 3.8) is 0 Å². The lowest BCUT2D eigenvalue weighted by molar-refractivity contribution is 0.134. The molecule has 0 unspecified atom stereocenters. The summed E-state index contributed by atoms with van der Waals surface area (Å²) < 4.78 is 5.42. The fourth-order valence-corrected chi connectivity index (χ4v) is 3.25. The number of hydrogen-bond acceptors (Lipinski definition) is 4. The largest absolute Gasteiger partial charge is 0.377 e. The molecular weight excluding hydrogens is 332 g/mol. The van der Waals surface area contributed by atoms with Crippen LogP contribution < -0.4 is 10.6 Å². The van der Waals surface area contributed by atoms with Crippen molar-refractivity contribution in [1.29, 1.82) is 0 Å². The van der Waals surface area contributed by atoms with Gasteiger partial charge in [0.2, 0.25) is 0 Å². The molecule has 136 valence electrons. The smallest absolute Gasteiger partial charge is 0.191 e. The number of nitrogens with zero attached hydrogens (tertiary/aromatic N) is 2. The van der Waals surface area contributed by atoms with E-state index in [-0.39, 0.29) is 0 Å². The number of ether oxygens (including phenoxy) is 1. The standard InChI is InChI=1S/C19H28N4OS/c1-5-20-19(22-12-18-14(3)23-15(4)25-18)21-11-16-7-9-17(10-8-16)13-24-6-2/h7-10H,5-6,11-13H2,1-4H3,(H2,20,21,22). The maximum Gasteiger partial charge on any atom is 0.191 e. The fourth-order valence-electron chi connectivity index (χ4n) is 2.37. The number of hydrogen-bond donors (Lipinski definition) is 2. The van der Waals surface area contributed by atoms with Crippen molar-refractivity contribution in [3.8, 4) is 0 Å². The molecule has 0 radical (unpaired) electrons. The van der Waals surface area contributed by atoms with E-state index in [9.17, 15) is 0 Å². The number of aryl methyl sites for hydroxylation is 2. The Hall–Kier alpha value is -1.92. The quantitative estimate of drug-likeness (QED) is 0.558. The van der Waals surface area contributed by atoms with Gasteiger partial charge >= 0.3 is 0 Å². The van der Waals surface area contributed by atoms with Crippen LogP contribution in [-0.2, 0) is 24.4 Å². The number of aromatic nitrogens is 1. The van der Waals surface area contributed by atoms with E-state index >= 15 is 0 Å². The van der Waals surface area contributed by atoms with E-state index in [1.807, 2.05) is 20.8 Å². The minimum atomic E-state index is 0.644. The van der Waals surface area contributed by atoms with Crippen molar-refractivity contribution in [1.82, 2.24) is 15.6 Å². The second-order valence-electron chi connectivity index (χ2n) is 5.74. The monoisotopic (exact) mass is 360 g/mol. The predicted molar refractivity (Wildman–Crippen MR) is 105 cm³/mol. The van der Waals surface area contributed by atoms with Crippen LogP contribution in [0.15, 0.2) is 29.3 Å². The van der Waals surface area contributed by atoms with Gasteiger partial charge in [-0.05, 0) is 38.8 Å². The average Bonchev–Trinajstić information content (AvgIpc) is 2.94. The van der Waals surface area contributed by atoms with Crippen LogP contribution in [0, 0.1) is 13.8 Å². The zero-order valence-corrected chi connectivity index (χ0v) is 16.4. The highest BCUT2D eigenvalue weighted by Crippen LogP contribution is 2.16. The fraction of sp³-hybridized carbons (Fsp3) is 0.474. The third-order valence-corrected chi connectivity index (χ3v) is 4.75. The molecule has 5 nitrogen and oxygen atoms in total. The molecule has 1 heterocycles. The topological polar surface area (TPSA) is 58.5 Å². The Morgan fingerprint density at radius 2 is 1.84 bits per heavy atom. The Morgan fingerprint density at radius 1 is 1.12 bits per heavy atom. The summed E-state index contributed by atoms with van der Waals surface area (Å²) in [6.07, 6.45) is 0. The number of nitrogens with one attached hydrogen (secondary N) is 2. The Kier molecular flexibility index (Phi) is 7.88. The molecule has 2 N–H and O–H groups in total. The molecule has 1 aromatic carbocycles. The maximum absolute atomic E-state index is 5.42. The van der Waals surface area contributed by atoms with Crippen LogP contribution >= 0.6 is 11.3 Å². The summed E-state index contributed by atoms with van der Waals surface area (Å²) in [5.41, 5.74) is 3.47. The lowest BCUT2D eigenvalue weighted by Crippen LogP contribution is -2.36. The van der Waals surface area contributed by atoms with Gasteiger partial charge in [-0.3, -0.25) is 0 Å². The van der Waals surface area contributed by atoms with Crippen LogP contribution in [0.3, 0.4) is 0 Å². The molecule has 0 bridgehead atoms. The molecule has 0 aliphatic heterocycles. The minimum Gasteiger partial charge on any atom is -0.377 e. The highest BCUT2D eigenvalue weighted by atomic mass is 32.1. The Morgan fingerprint density at radius 3 is 2.44 bits per heavy atom. The summed E-state index contributed by atoms with van der Waals surface area (Å²) in [5.74, 6) is 0.825. The molecule has 25 heavy (non-hydrogen) atoms. The van der Waals surface area contributed by atoms with E-state index in [1.54, 1.807) is 11.3 Å². The van der Waals surface area contributed by atoms with Gasteiger partial charge in [0.1, 0.15) is 0 Å².